The van der Waals surface area contributed by atoms with E-state index < -0.39 is 0 Å². The number of rotatable bonds is 5. The lowest BCUT2D eigenvalue weighted by Gasteiger charge is -2.19. The summed E-state index contributed by atoms with van der Waals surface area (Å²) in [6.07, 6.45) is 1.91. The maximum absolute atomic E-state index is 11.9. The minimum atomic E-state index is 0.00318. The Labute approximate surface area is 113 Å². The predicted molar refractivity (Wildman–Crippen MR) is 77.2 cm³/mol. The van der Waals surface area contributed by atoms with E-state index >= 15 is 0 Å². The molecule has 1 aromatic carbocycles. The third-order valence-corrected chi connectivity index (χ3v) is 3.35. The lowest BCUT2D eigenvalue weighted by molar-refractivity contribution is 0.265. The Morgan fingerprint density at radius 3 is 2.58 bits per heavy atom. The number of nitrogens with zero attached hydrogens (tertiary/aromatic N) is 2. The monoisotopic (exact) mass is 259 g/mol. The quantitative estimate of drug-likeness (QED) is 0.893. The van der Waals surface area contributed by atoms with Crippen molar-refractivity contribution in [1.29, 1.82) is 0 Å². The first-order valence-corrected chi connectivity index (χ1v) is 6.58. The van der Waals surface area contributed by atoms with E-state index in [-0.39, 0.29) is 5.56 Å². The van der Waals surface area contributed by atoms with Crippen LogP contribution in [-0.2, 0) is 13.1 Å². The fourth-order valence-electron chi connectivity index (χ4n) is 1.91. The molecule has 0 bridgehead atoms. The molecule has 0 atom stereocenters. The van der Waals surface area contributed by atoms with E-state index in [9.17, 15) is 4.79 Å². The number of hydrogen-bond acceptors (Lipinski definition) is 2. The van der Waals surface area contributed by atoms with Crippen molar-refractivity contribution in [3.63, 3.8) is 0 Å². The Balaban J connectivity index is 2.11. The Morgan fingerprint density at radius 1 is 1.26 bits per heavy atom. The zero-order valence-corrected chi connectivity index (χ0v) is 11.8. The van der Waals surface area contributed by atoms with Gasteiger partial charge in [0.2, 0.25) is 0 Å². The summed E-state index contributed by atoms with van der Waals surface area (Å²) in [6, 6.07) is 10.5. The summed E-state index contributed by atoms with van der Waals surface area (Å²) >= 11 is 0. The smallest absolute Gasteiger partial charge is 0.268 e. The molecule has 0 aliphatic carbocycles. The van der Waals surface area contributed by atoms with Crippen LogP contribution in [0.1, 0.15) is 25.0 Å². The van der Waals surface area contributed by atoms with Crippen LogP contribution in [-0.4, -0.2) is 27.8 Å². The molecule has 4 heteroatoms. The van der Waals surface area contributed by atoms with E-state index in [2.05, 4.69) is 36.0 Å². The third-order valence-electron chi connectivity index (χ3n) is 3.35. The number of aromatic amines is 1. The molecule has 1 heterocycles. The predicted octanol–water partition coefficient (Wildman–Crippen LogP) is 2.06. The number of nitrogens with one attached hydrogen (secondary N) is 1. The van der Waals surface area contributed by atoms with Gasteiger partial charge in [-0.2, -0.15) is 0 Å². The van der Waals surface area contributed by atoms with Crippen LogP contribution in [0, 0.1) is 0 Å². The highest BCUT2D eigenvalue weighted by atomic mass is 16.1. The standard InChI is InChI=1S/C15H21N3O/c1-12(2)17(3)10-14-11-18(16-15(14)19)9-13-7-5-4-6-8-13/h4-8,11-12H,9-10H2,1-3H3,(H,16,19). The van der Waals surface area contributed by atoms with Gasteiger partial charge in [0.1, 0.15) is 0 Å². The summed E-state index contributed by atoms with van der Waals surface area (Å²) in [6.45, 7) is 5.61. The molecule has 0 radical (unpaired) electrons. The largest absolute Gasteiger partial charge is 0.299 e. The van der Waals surface area contributed by atoms with Gasteiger partial charge in [-0.3, -0.25) is 19.5 Å². The highest BCUT2D eigenvalue weighted by Crippen LogP contribution is 2.04. The average molecular weight is 259 g/mol. The Bertz CT molecular complexity index is 569. The van der Waals surface area contributed by atoms with Crippen molar-refractivity contribution in [2.75, 3.05) is 7.05 Å². The fraction of sp³-hybridized carbons (Fsp3) is 0.400. The van der Waals surface area contributed by atoms with Crippen LogP contribution in [0.15, 0.2) is 41.3 Å². The molecular formula is C15H21N3O. The molecule has 0 fully saturated rings. The van der Waals surface area contributed by atoms with Crippen LogP contribution in [0.5, 0.6) is 0 Å². The van der Waals surface area contributed by atoms with Gasteiger partial charge >= 0.3 is 0 Å². The van der Waals surface area contributed by atoms with Gasteiger partial charge in [-0.15, -0.1) is 0 Å². The molecule has 102 valence electrons. The van der Waals surface area contributed by atoms with Gasteiger partial charge in [-0.05, 0) is 26.5 Å². The molecule has 2 rings (SSSR count). The molecule has 0 amide bonds. The van der Waals surface area contributed by atoms with Crippen molar-refractivity contribution >= 4 is 0 Å². The summed E-state index contributed by atoms with van der Waals surface area (Å²) in [5, 5.41) is 2.87. The van der Waals surface area contributed by atoms with Crippen LogP contribution in [0.2, 0.25) is 0 Å². The van der Waals surface area contributed by atoms with Gasteiger partial charge in [0.15, 0.2) is 0 Å². The van der Waals surface area contributed by atoms with Crippen LogP contribution in [0.3, 0.4) is 0 Å². The van der Waals surface area contributed by atoms with E-state index in [0.717, 1.165) is 5.56 Å². The van der Waals surface area contributed by atoms with Crippen molar-refractivity contribution in [2.45, 2.75) is 33.0 Å². The van der Waals surface area contributed by atoms with Crippen molar-refractivity contribution in [3.05, 3.63) is 58.0 Å². The maximum atomic E-state index is 11.9. The maximum Gasteiger partial charge on any atom is 0.268 e. The number of hydrogen-bond donors (Lipinski definition) is 1. The summed E-state index contributed by atoms with van der Waals surface area (Å²) in [7, 11) is 2.03. The second kappa shape index (κ2) is 5.89. The van der Waals surface area contributed by atoms with E-state index in [1.807, 2.05) is 36.1 Å². The fourth-order valence-corrected chi connectivity index (χ4v) is 1.91. The minimum absolute atomic E-state index is 0.00318. The van der Waals surface area contributed by atoms with Crippen molar-refractivity contribution in [2.24, 2.45) is 0 Å². The molecule has 2 aromatic rings. The molecular weight excluding hydrogens is 238 g/mol. The number of benzene rings is 1. The lowest BCUT2D eigenvalue weighted by Crippen LogP contribution is -2.27. The van der Waals surface area contributed by atoms with E-state index in [1.165, 1.54) is 5.56 Å². The Morgan fingerprint density at radius 2 is 1.95 bits per heavy atom. The molecule has 0 aliphatic heterocycles. The SMILES string of the molecule is CC(C)N(C)Cc1cn(Cc2ccccc2)[nH]c1=O. The van der Waals surface area contributed by atoms with Gasteiger partial charge in [0.05, 0.1) is 12.1 Å². The number of aromatic nitrogens is 2. The first kappa shape index (κ1) is 13.6. The van der Waals surface area contributed by atoms with Crippen molar-refractivity contribution in [1.82, 2.24) is 14.7 Å². The molecule has 0 saturated heterocycles. The molecule has 1 N–H and O–H groups in total. The van der Waals surface area contributed by atoms with Crippen molar-refractivity contribution in [3.8, 4) is 0 Å². The Kier molecular flexibility index (Phi) is 4.22. The molecule has 0 aliphatic rings. The molecule has 4 nitrogen and oxygen atoms in total. The van der Waals surface area contributed by atoms with Crippen LogP contribution in [0.25, 0.3) is 0 Å². The first-order chi connectivity index (χ1) is 9.06. The van der Waals surface area contributed by atoms with Crippen molar-refractivity contribution < 1.29 is 0 Å². The Hall–Kier alpha value is -1.81. The van der Waals surface area contributed by atoms with Gasteiger partial charge in [0, 0.05) is 18.8 Å². The highest BCUT2D eigenvalue weighted by Gasteiger charge is 2.09. The van der Waals surface area contributed by atoms with Crippen LogP contribution < -0.4 is 5.56 Å². The van der Waals surface area contributed by atoms with Gasteiger partial charge in [0.25, 0.3) is 5.56 Å². The molecule has 19 heavy (non-hydrogen) atoms. The van der Waals surface area contributed by atoms with Crippen LogP contribution in [0.4, 0.5) is 0 Å². The third kappa shape index (κ3) is 3.58. The van der Waals surface area contributed by atoms with E-state index in [0.29, 0.717) is 19.1 Å². The zero-order chi connectivity index (χ0) is 13.8. The summed E-state index contributed by atoms with van der Waals surface area (Å²) in [5.41, 5.74) is 1.99. The van der Waals surface area contributed by atoms with Gasteiger partial charge in [-0.25, -0.2) is 0 Å². The highest BCUT2D eigenvalue weighted by molar-refractivity contribution is 5.15. The molecule has 0 saturated carbocycles. The van der Waals surface area contributed by atoms with Gasteiger partial charge < -0.3 is 0 Å². The second-order valence-corrected chi connectivity index (χ2v) is 5.22. The summed E-state index contributed by atoms with van der Waals surface area (Å²) in [5.74, 6) is 0. The lowest BCUT2D eigenvalue weighted by atomic mass is 10.2. The van der Waals surface area contributed by atoms with Crippen LogP contribution >= 0.6 is 0 Å². The molecule has 1 aromatic heterocycles. The first-order valence-electron chi connectivity index (χ1n) is 6.58. The number of H-pyrrole nitrogens is 1. The minimum Gasteiger partial charge on any atom is -0.299 e. The topological polar surface area (TPSA) is 41.0 Å². The normalized spacial score (nSPS) is 11.4. The van der Waals surface area contributed by atoms with E-state index in [4.69, 9.17) is 0 Å². The second-order valence-electron chi connectivity index (χ2n) is 5.22. The summed E-state index contributed by atoms with van der Waals surface area (Å²) in [4.78, 5) is 14.0. The molecule has 0 spiro atoms. The average Bonchev–Trinajstić information content (AvgIpc) is 2.70. The molecule has 0 unspecified atom stereocenters. The van der Waals surface area contributed by atoms with Gasteiger partial charge in [-0.1, -0.05) is 30.3 Å². The zero-order valence-electron chi connectivity index (χ0n) is 11.8. The summed E-state index contributed by atoms with van der Waals surface area (Å²) < 4.78 is 1.85. The van der Waals surface area contributed by atoms with E-state index in [1.54, 1.807) is 0 Å².